The van der Waals surface area contributed by atoms with Crippen LogP contribution in [0, 0.1) is 11.3 Å². The highest BCUT2D eigenvalue weighted by Gasteiger charge is 2.33. The van der Waals surface area contributed by atoms with Crippen LogP contribution in [0.4, 0.5) is 10.7 Å². The van der Waals surface area contributed by atoms with Crippen molar-refractivity contribution in [2.75, 3.05) is 5.32 Å². The van der Waals surface area contributed by atoms with Crippen molar-refractivity contribution in [3.63, 3.8) is 0 Å². The van der Waals surface area contributed by atoms with Crippen molar-refractivity contribution in [1.29, 1.82) is 0 Å². The zero-order chi connectivity index (χ0) is 22.9. The van der Waals surface area contributed by atoms with Gasteiger partial charge in [-0.15, -0.1) is 11.3 Å². The molecule has 3 aromatic rings. The number of halogens is 2. The van der Waals surface area contributed by atoms with E-state index in [1.165, 1.54) is 4.88 Å². The van der Waals surface area contributed by atoms with E-state index in [4.69, 9.17) is 28.2 Å². The van der Waals surface area contributed by atoms with Crippen molar-refractivity contribution in [3.05, 3.63) is 80.1 Å². The Morgan fingerprint density at radius 1 is 1.12 bits per heavy atom. The number of benzene rings is 2. The number of carbonyl (C=O) groups is 1. The minimum Gasteiger partial charge on any atom is -0.322 e. The molecule has 0 bridgehead atoms. The summed E-state index contributed by atoms with van der Waals surface area (Å²) in [6.45, 7) is 6.88. The van der Waals surface area contributed by atoms with Gasteiger partial charge >= 0.3 is 0 Å². The number of carbonyl (C=O) groups excluding carboxylic acids is 1. The standard InChI is InChI=1S/C26H26Cl2N2OS/c1-26(2,3)17-8-13-20-22(14-17)32-25(29-15-16-6-4-5-7-21(16)28)23(20)24(31)30-19-11-9-18(27)10-12-19/h4-7,9-12,15,17H,8,13-14H2,1-3H3,(H,30,31)/t17-/m1/s1. The summed E-state index contributed by atoms with van der Waals surface area (Å²) in [4.78, 5) is 19.4. The maximum atomic E-state index is 13.4. The van der Waals surface area contributed by atoms with Gasteiger partial charge in [-0.2, -0.15) is 0 Å². The smallest absolute Gasteiger partial charge is 0.259 e. The molecule has 1 aliphatic carbocycles. The fraction of sp³-hybridized carbons (Fsp3) is 0.308. The van der Waals surface area contributed by atoms with E-state index >= 15 is 0 Å². The highest BCUT2D eigenvalue weighted by Crippen LogP contribution is 2.45. The number of anilines is 1. The number of nitrogens with zero attached hydrogens (tertiary/aromatic N) is 1. The number of thiophene rings is 1. The maximum Gasteiger partial charge on any atom is 0.259 e. The summed E-state index contributed by atoms with van der Waals surface area (Å²) >= 11 is 13.9. The molecule has 1 amide bonds. The first-order valence-corrected chi connectivity index (χ1v) is 12.3. The summed E-state index contributed by atoms with van der Waals surface area (Å²) in [5.41, 5.74) is 3.58. The average Bonchev–Trinajstić information content (AvgIpc) is 3.12. The van der Waals surface area contributed by atoms with Gasteiger partial charge in [0, 0.05) is 32.4 Å². The number of hydrogen-bond donors (Lipinski definition) is 1. The van der Waals surface area contributed by atoms with E-state index in [0.29, 0.717) is 27.2 Å². The van der Waals surface area contributed by atoms with Gasteiger partial charge in [0.15, 0.2) is 0 Å². The molecule has 1 heterocycles. The van der Waals surface area contributed by atoms with Crippen molar-refractivity contribution in [2.24, 2.45) is 16.3 Å². The molecular formula is C26H26Cl2N2OS. The zero-order valence-corrected chi connectivity index (χ0v) is 20.7. The molecule has 0 spiro atoms. The molecular weight excluding hydrogens is 459 g/mol. The molecule has 0 saturated carbocycles. The van der Waals surface area contributed by atoms with Crippen molar-refractivity contribution < 1.29 is 4.79 Å². The summed E-state index contributed by atoms with van der Waals surface area (Å²) in [7, 11) is 0. The van der Waals surface area contributed by atoms with Gasteiger partial charge in [-0.05, 0) is 66.5 Å². The molecule has 6 heteroatoms. The molecule has 0 fully saturated rings. The van der Waals surface area contributed by atoms with Crippen LogP contribution in [-0.2, 0) is 12.8 Å². The predicted molar refractivity (Wildman–Crippen MR) is 137 cm³/mol. The monoisotopic (exact) mass is 484 g/mol. The lowest BCUT2D eigenvalue weighted by Gasteiger charge is -2.33. The Labute approximate surface area is 203 Å². The van der Waals surface area contributed by atoms with Crippen LogP contribution in [0.25, 0.3) is 0 Å². The number of nitrogens with one attached hydrogen (secondary N) is 1. The van der Waals surface area contributed by atoms with E-state index in [0.717, 1.165) is 35.4 Å². The first-order valence-electron chi connectivity index (χ1n) is 10.7. The Morgan fingerprint density at radius 3 is 2.53 bits per heavy atom. The average molecular weight is 485 g/mol. The van der Waals surface area contributed by atoms with Crippen LogP contribution in [0.15, 0.2) is 53.5 Å². The number of aliphatic imine (C=N–C) groups is 1. The summed E-state index contributed by atoms with van der Waals surface area (Å²) < 4.78 is 0. The number of hydrogen-bond acceptors (Lipinski definition) is 3. The Hall–Kier alpha value is -2.14. The summed E-state index contributed by atoms with van der Waals surface area (Å²) in [5.74, 6) is 0.451. The fourth-order valence-electron chi connectivity index (χ4n) is 4.07. The van der Waals surface area contributed by atoms with E-state index < -0.39 is 0 Å². The molecule has 1 aliphatic rings. The SMILES string of the molecule is CC(C)(C)[C@@H]1CCc2c(sc(N=Cc3ccccc3Cl)c2C(=O)Nc2ccc(Cl)cc2)C1. The van der Waals surface area contributed by atoms with Crippen LogP contribution in [-0.4, -0.2) is 12.1 Å². The van der Waals surface area contributed by atoms with Gasteiger partial charge in [0.25, 0.3) is 5.91 Å². The lowest BCUT2D eigenvalue weighted by molar-refractivity contribution is 0.102. The molecule has 0 aliphatic heterocycles. The molecule has 1 aromatic heterocycles. The lowest BCUT2D eigenvalue weighted by atomic mass is 9.72. The van der Waals surface area contributed by atoms with E-state index in [2.05, 4.69) is 26.1 Å². The van der Waals surface area contributed by atoms with Gasteiger partial charge in [-0.3, -0.25) is 4.79 Å². The van der Waals surface area contributed by atoms with Crippen molar-refractivity contribution in [3.8, 4) is 0 Å². The van der Waals surface area contributed by atoms with Gasteiger partial charge in [0.2, 0.25) is 0 Å². The minimum absolute atomic E-state index is 0.134. The molecule has 166 valence electrons. The first kappa shape index (κ1) is 23.0. The number of rotatable bonds is 4. The Balaban J connectivity index is 1.71. The normalized spacial score (nSPS) is 16.2. The maximum absolute atomic E-state index is 13.4. The third-order valence-electron chi connectivity index (χ3n) is 6.03. The molecule has 4 rings (SSSR count). The van der Waals surface area contributed by atoms with Crippen LogP contribution in [0.5, 0.6) is 0 Å². The predicted octanol–water partition coefficient (Wildman–Crippen LogP) is 8.21. The van der Waals surface area contributed by atoms with Crippen molar-refractivity contribution in [1.82, 2.24) is 0 Å². The molecule has 1 N–H and O–H groups in total. The van der Waals surface area contributed by atoms with Gasteiger partial charge in [-0.1, -0.05) is 62.2 Å². The summed E-state index contributed by atoms with van der Waals surface area (Å²) in [5, 5.41) is 5.02. The van der Waals surface area contributed by atoms with Gasteiger partial charge < -0.3 is 5.32 Å². The minimum atomic E-state index is -0.134. The van der Waals surface area contributed by atoms with Crippen LogP contribution in [0.2, 0.25) is 10.0 Å². The molecule has 1 atom stereocenters. The summed E-state index contributed by atoms with van der Waals surface area (Å²) in [6.07, 6.45) is 4.69. The molecule has 2 aromatic carbocycles. The van der Waals surface area contributed by atoms with Gasteiger partial charge in [0.1, 0.15) is 5.00 Å². The first-order chi connectivity index (χ1) is 15.2. The van der Waals surface area contributed by atoms with Crippen molar-refractivity contribution in [2.45, 2.75) is 40.0 Å². The lowest BCUT2D eigenvalue weighted by Crippen LogP contribution is -2.27. The molecule has 0 unspecified atom stereocenters. The molecule has 0 saturated heterocycles. The van der Waals surface area contributed by atoms with Crippen LogP contribution in [0.1, 0.15) is 53.6 Å². The zero-order valence-electron chi connectivity index (χ0n) is 18.4. The van der Waals surface area contributed by atoms with E-state index in [-0.39, 0.29) is 11.3 Å². The Kier molecular flexibility index (Phi) is 6.75. The molecule has 0 radical (unpaired) electrons. The van der Waals surface area contributed by atoms with Gasteiger partial charge in [0.05, 0.1) is 5.56 Å². The third-order valence-corrected chi connectivity index (χ3v) is 7.79. The van der Waals surface area contributed by atoms with Gasteiger partial charge in [-0.25, -0.2) is 4.99 Å². The Bertz CT molecular complexity index is 1160. The highest BCUT2D eigenvalue weighted by atomic mass is 35.5. The van der Waals surface area contributed by atoms with E-state index in [1.807, 2.05) is 24.3 Å². The second-order valence-electron chi connectivity index (χ2n) is 9.23. The Morgan fingerprint density at radius 2 is 1.84 bits per heavy atom. The van der Waals surface area contributed by atoms with Crippen LogP contribution < -0.4 is 5.32 Å². The number of amides is 1. The molecule has 3 nitrogen and oxygen atoms in total. The summed E-state index contributed by atoms with van der Waals surface area (Å²) in [6, 6.07) is 14.7. The van der Waals surface area contributed by atoms with E-state index in [1.54, 1.807) is 41.8 Å². The molecule has 32 heavy (non-hydrogen) atoms. The van der Waals surface area contributed by atoms with Crippen LogP contribution in [0.3, 0.4) is 0 Å². The quantitative estimate of drug-likeness (QED) is 0.372. The van der Waals surface area contributed by atoms with Crippen LogP contribution >= 0.6 is 34.5 Å². The van der Waals surface area contributed by atoms with E-state index in [9.17, 15) is 4.79 Å². The second kappa shape index (κ2) is 9.38. The second-order valence-corrected chi connectivity index (χ2v) is 11.2. The largest absolute Gasteiger partial charge is 0.322 e. The highest BCUT2D eigenvalue weighted by molar-refractivity contribution is 7.16. The topological polar surface area (TPSA) is 41.5 Å². The number of fused-ring (bicyclic) bond motifs is 1. The third kappa shape index (κ3) is 5.09. The fourth-order valence-corrected chi connectivity index (χ4v) is 5.65. The van der Waals surface area contributed by atoms with Crippen molar-refractivity contribution >= 4 is 57.3 Å².